The Morgan fingerprint density at radius 2 is 0.850 bits per heavy atom. The van der Waals surface area contributed by atoms with Gasteiger partial charge in [0.1, 0.15) is 11.2 Å². The van der Waals surface area contributed by atoms with E-state index in [2.05, 4.69) is 133 Å². The van der Waals surface area contributed by atoms with Crippen molar-refractivity contribution in [2.24, 2.45) is 0 Å². The molecular weight excluding hydrogens is 504 g/mol. The normalized spacial score (nSPS) is 11.5. The van der Waals surface area contributed by atoms with Gasteiger partial charge >= 0.3 is 0 Å². The lowest BCUT2D eigenvalue weighted by Crippen LogP contribution is -1.83. The summed E-state index contributed by atoms with van der Waals surface area (Å²) < 4.78 is 6.25. The van der Waals surface area contributed by atoms with Crippen LogP contribution in [0.3, 0.4) is 0 Å². The first-order chi connectivity index (χ1) is 19.8. The third-order valence-electron chi connectivity index (χ3n) is 7.74. The molecule has 0 aliphatic rings. The number of fused-ring (bicyclic) bond motifs is 4. The second kappa shape index (κ2) is 9.37. The molecule has 0 radical (unpaired) electrons. The third-order valence-corrected chi connectivity index (χ3v) is 9.03. The monoisotopic (exact) mass is 528 g/mol. The van der Waals surface area contributed by atoms with Crippen LogP contribution in [0.15, 0.2) is 150 Å². The molecule has 188 valence electrons. The van der Waals surface area contributed by atoms with Crippen molar-refractivity contribution in [1.29, 1.82) is 0 Å². The van der Waals surface area contributed by atoms with Crippen molar-refractivity contribution in [3.63, 3.8) is 0 Å². The number of rotatable bonds is 4. The molecule has 8 rings (SSSR count). The highest BCUT2D eigenvalue weighted by molar-refractivity contribution is 7.21. The lowest BCUT2D eigenvalue weighted by Gasteiger charge is -2.10. The van der Waals surface area contributed by atoms with Crippen molar-refractivity contribution < 1.29 is 4.42 Å². The second-order valence-corrected chi connectivity index (χ2v) is 11.1. The Morgan fingerprint density at radius 1 is 0.350 bits per heavy atom. The molecule has 2 aromatic heterocycles. The molecule has 0 spiro atoms. The van der Waals surface area contributed by atoms with Gasteiger partial charge in [0.25, 0.3) is 0 Å². The number of para-hydroxylation sites is 1. The van der Waals surface area contributed by atoms with Crippen LogP contribution in [0.1, 0.15) is 0 Å². The third kappa shape index (κ3) is 3.69. The van der Waals surface area contributed by atoms with Gasteiger partial charge in [-0.1, -0.05) is 127 Å². The van der Waals surface area contributed by atoms with E-state index >= 15 is 0 Å². The second-order valence-electron chi connectivity index (χ2n) is 10.1. The summed E-state index contributed by atoms with van der Waals surface area (Å²) in [4.78, 5) is 2.58. The Bertz CT molecular complexity index is 2160. The maximum absolute atomic E-state index is 6.25. The highest BCUT2D eigenvalue weighted by atomic mass is 32.1. The van der Waals surface area contributed by atoms with E-state index < -0.39 is 0 Å². The molecule has 2 heterocycles. The maximum atomic E-state index is 6.25. The first-order valence-corrected chi connectivity index (χ1v) is 14.3. The minimum absolute atomic E-state index is 0.919. The molecule has 0 saturated heterocycles. The SMILES string of the molecule is c1ccc(-c2ccccc2-c2sc(-c3ccccc3-c3ccc4c(c3)oc3ccccc34)c3ccccc23)cc1. The summed E-state index contributed by atoms with van der Waals surface area (Å²) in [6.07, 6.45) is 0. The Morgan fingerprint density at radius 3 is 1.52 bits per heavy atom. The van der Waals surface area contributed by atoms with Crippen LogP contribution >= 0.6 is 11.3 Å². The summed E-state index contributed by atoms with van der Waals surface area (Å²) in [6, 6.07) is 51.9. The van der Waals surface area contributed by atoms with Crippen LogP contribution in [0.2, 0.25) is 0 Å². The molecule has 40 heavy (non-hydrogen) atoms. The van der Waals surface area contributed by atoms with E-state index in [0.717, 1.165) is 27.5 Å². The van der Waals surface area contributed by atoms with E-state index in [0.29, 0.717) is 0 Å². The van der Waals surface area contributed by atoms with Gasteiger partial charge < -0.3 is 4.42 Å². The van der Waals surface area contributed by atoms with Crippen molar-refractivity contribution >= 4 is 44.0 Å². The fourth-order valence-corrected chi connectivity index (χ4v) is 7.22. The van der Waals surface area contributed by atoms with Crippen LogP contribution in [0, 0.1) is 0 Å². The lowest BCUT2D eigenvalue weighted by atomic mass is 9.95. The predicted octanol–water partition coefficient (Wildman–Crippen LogP) is 11.5. The molecule has 1 nitrogen and oxygen atoms in total. The molecule has 0 N–H and O–H groups in total. The zero-order chi connectivity index (χ0) is 26.5. The molecular formula is C38H24OS. The Labute approximate surface area is 236 Å². The molecule has 0 saturated carbocycles. The molecule has 0 unspecified atom stereocenters. The van der Waals surface area contributed by atoms with Gasteiger partial charge in [0.05, 0.1) is 0 Å². The highest BCUT2D eigenvalue weighted by Crippen LogP contribution is 2.48. The Kier molecular flexibility index (Phi) is 5.39. The predicted molar refractivity (Wildman–Crippen MR) is 171 cm³/mol. The van der Waals surface area contributed by atoms with E-state index in [1.54, 1.807) is 0 Å². The Balaban J connectivity index is 1.34. The fraction of sp³-hybridized carbons (Fsp3) is 0. The minimum Gasteiger partial charge on any atom is -0.456 e. The average molecular weight is 529 g/mol. The van der Waals surface area contributed by atoms with Crippen molar-refractivity contribution in [2.45, 2.75) is 0 Å². The number of furan rings is 1. The summed E-state index contributed by atoms with van der Waals surface area (Å²) in [5, 5.41) is 4.87. The molecule has 6 aromatic carbocycles. The number of hydrogen-bond acceptors (Lipinski definition) is 2. The molecule has 0 atom stereocenters. The number of hydrogen-bond donors (Lipinski definition) is 0. The van der Waals surface area contributed by atoms with Gasteiger partial charge in [-0.15, -0.1) is 11.3 Å². The zero-order valence-electron chi connectivity index (χ0n) is 21.7. The molecule has 0 fully saturated rings. The van der Waals surface area contributed by atoms with Gasteiger partial charge in [-0.2, -0.15) is 0 Å². The quantitative estimate of drug-likeness (QED) is 0.221. The molecule has 0 amide bonds. The van der Waals surface area contributed by atoms with Crippen LogP contribution in [0.4, 0.5) is 0 Å². The molecule has 0 aliphatic carbocycles. The number of thiophene rings is 1. The van der Waals surface area contributed by atoms with Crippen molar-refractivity contribution in [3.05, 3.63) is 146 Å². The lowest BCUT2D eigenvalue weighted by molar-refractivity contribution is 0.669. The zero-order valence-corrected chi connectivity index (χ0v) is 22.5. The summed E-state index contributed by atoms with van der Waals surface area (Å²) in [7, 11) is 0. The molecule has 2 heteroatoms. The van der Waals surface area contributed by atoms with Gasteiger partial charge in [0, 0.05) is 42.4 Å². The Hall–Kier alpha value is -4.92. The summed E-state index contributed by atoms with van der Waals surface area (Å²) in [5.41, 5.74) is 9.20. The standard InChI is InChI=1S/C38H24OS/c1-2-12-25(13-3-1)27-14-4-6-17-31(27)37-33-19-8-9-20-34(33)38(40-37)32-18-7-5-15-28(32)26-22-23-30-29-16-10-11-21-35(29)39-36(30)24-26/h1-24H. The van der Waals surface area contributed by atoms with Gasteiger partial charge in [-0.05, 0) is 40.5 Å². The fourth-order valence-electron chi connectivity index (χ4n) is 5.87. The van der Waals surface area contributed by atoms with Crippen LogP contribution in [-0.2, 0) is 0 Å². The van der Waals surface area contributed by atoms with Crippen molar-refractivity contribution in [2.75, 3.05) is 0 Å². The molecule has 8 aromatic rings. The van der Waals surface area contributed by atoms with Gasteiger partial charge in [-0.3, -0.25) is 0 Å². The van der Waals surface area contributed by atoms with Crippen LogP contribution in [-0.4, -0.2) is 0 Å². The number of benzene rings is 6. The topological polar surface area (TPSA) is 13.1 Å². The van der Waals surface area contributed by atoms with Crippen LogP contribution in [0.25, 0.3) is 75.8 Å². The average Bonchev–Trinajstić information content (AvgIpc) is 3.60. The summed E-state index contributed by atoms with van der Waals surface area (Å²) >= 11 is 1.88. The van der Waals surface area contributed by atoms with E-state index in [9.17, 15) is 0 Å². The largest absolute Gasteiger partial charge is 0.456 e. The maximum Gasteiger partial charge on any atom is 0.136 e. The minimum atomic E-state index is 0.919. The van der Waals surface area contributed by atoms with Gasteiger partial charge in [0.2, 0.25) is 0 Å². The van der Waals surface area contributed by atoms with Crippen molar-refractivity contribution in [1.82, 2.24) is 0 Å². The van der Waals surface area contributed by atoms with Gasteiger partial charge in [0.15, 0.2) is 0 Å². The summed E-state index contributed by atoms with van der Waals surface area (Å²) in [5.74, 6) is 0. The highest BCUT2D eigenvalue weighted by Gasteiger charge is 2.19. The van der Waals surface area contributed by atoms with Crippen LogP contribution < -0.4 is 0 Å². The van der Waals surface area contributed by atoms with Crippen molar-refractivity contribution in [3.8, 4) is 43.1 Å². The van der Waals surface area contributed by atoms with Crippen LogP contribution in [0.5, 0.6) is 0 Å². The van der Waals surface area contributed by atoms with Gasteiger partial charge in [-0.25, -0.2) is 0 Å². The van der Waals surface area contributed by atoms with E-state index in [1.165, 1.54) is 48.3 Å². The first kappa shape index (κ1) is 23.0. The van der Waals surface area contributed by atoms with E-state index in [1.807, 2.05) is 23.5 Å². The summed E-state index contributed by atoms with van der Waals surface area (Å²) in [6.45, 7) is 0. The molecule has 0 aliphatic heterocycles. The molecule has 0 bridgehead atoms. The smallest absolute Gasteiger partial charge is 0.136 e. The van der Waals surface area contributed by atoms with E-state index in [-0.39, 0.29) is 0 Å². The first-order valence-electron chi connectivity index (χ1n) is 13.5. The van der Waals surface area contributed by atoms with E-state index in [4.69, 9.17) is 4.42 Å².